The number of amides is 1. The number of hydrogen-bond donors (Lipinski definition) is 2. The van der Waals surface area contributed by atoms with Crippen LogP contribution in [0.15, 0.2) is 114 Å². The van der Waals surface area contributed by atoms with E-state index >= 15 is 0 Å². The number of carbonyl (C=O) groups is 1. The van der Waals surface area contributed by atoms with E-state index in [0.717, 1.165) is 11.1 Å². The maximum atomic E-state index is 13.7. The van der Waals surface area contributed by atoms with Gasteiger partial charge in [0.05, 0.1) is 11.9 Å². The molecule has 2 N–H and O–H groups in total. The first-order valence-electron chi connectivity index (χ1n) is 12.3. The topological polar surface area (TPSA) is 85.2 Å². The number of nitrogens with zero attached hydrogens (tertiary/aromatic N) is 2. The zero-order valence-electron chi connectivity index (χ0n) is 21.1. The summed E-state index contributed by atoms with van der Waals surface area (Å²) in [5.74, 6) is 0.434. The van der Waals surface area contributed by atoms with Crippen LogP contribution in [-0.4, -0.2) is 15.7 Å². The van der Waals surface area contributed by atoms with Gasteiger partial charge in [0.15, 0.2) is 11.4 Å². The summed E-state index contributed by atoms with van der Waals surface area (Å²) >= 11 is 6.13. The van der Waals surface area contributed by atoms with Gasteiger partial charge in [-0.25, -0.2) is 0 Å². The number of benzene rings is 4. The van der Waals surface area contributed by atoms with Crippen molar-refractivity contribution < 1.29 is 9.53 Å². The summed E-state index contributed by atoms with van der Waals surface area (Å²) in [5.41, 5.74) is 3.33. The Morgan fingerprint density at radius 1 is 0.923 bits per heavy atom. The number of aromatic nitrogens is 2. The quantitative estimate of drug-likeness (QED) is 0.231. The van der Waals surface area contributed by atoms with E-state index in [0.29, 0.717) is 34.3 Å². The third kappa shape index (κ3) is 6.34. The number of ether oxygens (including phenoxy) is 1. The summed E-state index contributed by atoms with van der Waals surface area (Å²) < 4.78 is 7.32. The Bertz CT molecular complexity index is 1690. The fraction of sp³-hybridized carbons (Fsp3) is 0.0645. The summed E-state index contributed by atoms with van der Waals surface area (Å²) in [7, 11) is 0. The van der Waals surface area contributed by atoms with Crippen LogP contribution < -0.4 is 20.9 Å². The molecular formula is C31H25ClN4O3. The molecule has 0 atom stereocenters. The van der Waals surface area contributed by atoms with Crippen LogP contribution in [0.1, 0.15) is 21.5 Å². The van der Waals surface area contributed by atoms with Crippen LogP contribution in [0.4, 0.5) is 11.4 Å². The lowest BCUT2D eigenvalue weighted by Gasteiger charge is -2.15. The number of hydrogen-bond acceptors (Lipinski definition) is 5. The first-order chi connectivity index (χ1) is 19.0. The van der Waals surface area contributed by atoms with Crippen LogP contribution in [0.25, 0.3) is 5.69 Å². The highest BCUT2D eigenvalue weighted by Gasteiger charge is 2.16. The number of halogens is 1. The molecule has 4 aromatic carbocycles. The van der Waals surface area contributed by atoms with E-state index in [1.807, 2.05) is 55.5 Å². The first-order valence-corrected chi connectivity index (χ1v) is 12.7. The summed E-state index contributed by atoms with van der Waals surface area (Å²) in [6, 6.07) is 30.9. The number of carbonyl (C=O) groups excluding carboxylic acids is 1. The van der Waals surface area contributed by atoms with Crippen molar-refractivity contribution >= 4 is 28.9 Å². The maximum Gasteiger partial charge on any atom is 0.299 e. The highest BCUT2D eigenvalue weighted by atomic mass is 35.5. The molecule has 5 aromatic rings. The maximum absolute atomic E-state index is 13.7. The van der Waals surface area contributed by atoms with Gasteiger partial charge in [-0.15, -0.1) is 0 Å². The van der Waals surface area contributed by atoms with Crippen molar-refractivity contribution in [2.45, 2.75) is 13.5 Å². The third-order valence-corrected chi connectivity index (χ3v) is 6.14. The Kier molecular flexibility index (Phi) is 7.70. The van der Waals surface area contributed by atoms with Gasteiger partial charge in [-0.05, 0) is 66.6 Å². The van der Waals surface area contributed by atoms with Gasteiger partial charge >= 0.3 is 0 Å². The van der Waals surface area contributed by atoms with E-state index in [9.17, 15) is 9.59 Å². The molecule has 0 saturated heterocycles. The van der Waals surface area contributed by atoms with Crippen molar-refractivity contribution in [1.82, 2.24) is 15.1 Å². The lowest BCUT2D eigenvalue weighted by molar-refractivity contribution is 0.0951. The highest BCUT2D eigenvalue weighted by Crippen LogP contribution is 2.30. The standard InChI is InChI=1S/C31H25ClN4O3/c1-21-8-5-14-26(16-21)36-31(38)29(28(20-34-36)39-27-15-7-12-24(32)18-27)35-25-13-6-11-23(17-25)30(37)33-19-22-9-3-2-4-10-22/h2-18,20,35H,19H2,1H3,(H,33,37). The minimum absolute atomic E-state index is 0.160. The molecule has 39 heavy (non-hydrogen) atoms. The van der Waals surface area contributed by atoms with E-state index in [4.69, 9.17) is 16.3 Å². The zero-order chi connectivity index (χ0) is 27.2. The van der Waals surface area contributed by atoms with Crippen molar-refractivity contribution in [2.24, 2.45) is 0 Å². The van der Waals surface area contributed by atoms with Crippen molar-refractivity contribution in [3.63, 3.8) is 0 Å². The Balaban J connectivity index is 1.47. The molecule has 0 aliphatic carbocycles. The predicted molar refractivity (Wildman–Crippen MR) is 153 cm³/mol. The second-order valence-electron chi connectivity index (χ2n) is 8.87. The summed E-state index contributed by atoms with van der Waals surface area (Å²) in [6.07, 6.45) is 1.48. The molecule has 0 fully saturated rings. The minimum atomic E-state index is -0.418. The fourth-order valence-corrected chi connectivity index (χ4v) is 4.18. The van der Waals surface area contributed by atoms with Crippen molar-refractivity contribution in [2.75, 3.05) is 5.32 Å². The van der Waals surface area contributed by atoms with Crippen molar-refractivity contribution in [3.05, 3.63) is 141 Å². The van der Waals surface area contributed by atoms with Crippen LogP contribution in [0.3, 0.4) is 0 Å². The second kappa shape index (κ2) is 11.7. The van der Waals surface area contributed by atoms with Gasteiger partial charge in [-0.3, -0.25) is 9.59 Å². The van der Waals surface area contributed by atoms with E-state index in [2.05, 4.69) is 15.7 Å². The van der Waals surface area contributed by atoms with Crippen molar-refractivity contribution in [3.8, 4) is 17.2 Å². The number of anilines is 2. The van der Waals surface area contributed by atoms with Crippen LogP contribution in [0.5, 0.6) is 11.5 Å². The first kappa shape index (κ1) is 25.8. The SMILES string of the molecule is Cc1cccc(-n2ncc(Oc3cccc(Cl)c3)c(Nc3cccc(C(=O)NCc4ccccc4)c3)c2=O)c1. The van der Waals surface area contributed by atoms with E-state index in [1.165, 1.54) is 10.9 Å². The third-order valence-electron chi connectivity index (χ3n) is 5.90. The van der Waals surface area contributed by atoms with Gasteiger partial charge in [-0.2, -0.15) is 9.78 Å². The number of aryl methyl sites for hydroxylation is 1. The van der Waals surface area contributed by atoms with Gasteiger partial charge in [0.1, 0.15) is 5.75 Å². The molecule has 0 spiro atoms. The summed E-state index contributed by atoms with van der Waals surface area (Å²) in [5, 5.41) is 10.9. The lowest BCUT2D eigenvalue weighted by atomic mass is 10.1. The van der Waals surface area contributed by atoms with Gasteiger partial charge in [-0.1, -0.05) is 66.2 Å². The molecular weight excluding hydrogens is 512 g/mol. The second-order valence-corrected chi connectivity index (χ2v) is 9.31. The number of nitrogens with one attached hydrogen (secondary N) is 2. The molecule has 1 amide bonds. The molecule has 0 aliphatic heterocycles. The molecule has 1 heterocycles. The largest absolute Gasteiger partial charge is 0.453 e. The fourth-order valence-electron chi connectivity index (χ4n) is 3.99. The smallest absolute Gasteiger partial charge is 0.299 e. The zero-order valence-corrected chi connectivity index (χ0v) is 21.9. The molecule has 1 aromatic heterocycles. The molecule has 0 radical (unpaired) electrons. The van der Waals surface area contributed by atoms with Crippen LogP contribution in [0.2, 0.25) is 5.02 Å². The van der Waals surface area contributed by atoms with E-state index in [-0.39, 0.29) is 17.3 Å². The molecule has 0 aliphatic rings. The molecule has 0 unspecified atom stereocenters. The van der Waals surface area contributed by atoms with E-state index in [1.54, 1.807) is 54.6 Å². The van der Waals surface area contributed by atoms with Crippen LogP contribution >= 0.6 is 11.6 Å². The normalized spacial score (nSPS) is 10.6. The Labute approximate surface area is 230 Å². The monoisotopic (exact) mass is 536 g/mol. The molecule has 194 valence electrons. The predicted octanol–water partition coefficient (Wildman–Crippen LogP) is 6.66. The summed E-state index contributed by atoms with van der Waals surface area (Å²) in [4.78, 5) is 26.5. The lowest BCUT2D eigenvalue weighted by Crippen LogP contribution is -2.24. The van der Waals surface area contributed by atoms with Crippen LogP contribution in [0, 0.1) is 6.92 Å². The van der Waals surface area contributed by atoms with E-state index < -0.39 is 5.56 Å². The molecule has 8 heteroatoms. The highest BCUT2D eigenvalue weighted by molar-refractivity contribution is 6.30. The van der Waals surface area contributed by atoms with Gasteiger partial charge in [0.25, 0.3) is 11.5 Å². The number of rotatable bonds is 8. The van der Waals surface area contributed by atoms with Gasteiger partial charge in [0, 0.05) is 22.8 Å². The Morgan fingerprint density at radius 3 is 2.51 bits per heavy atom. The molecule has 7 nitrogen and oxygen atoms in total. The van der Waals surface area contributed by atoms with Gasteiger partial charge in [0.2, 0.25) is 0 Å². The van der Waals surface area contributed by atoms with Crippen LogP contribution in [-0.2, 0) is 6.54 Å². The summed E-state index contributed by atoms with van der Waals surface area (Å²) in [6.45, 7) is 2.35. The minimum Gasteiger partial charge on any atom is -0.453 e. The molecule has 0 bridgehead atoms. The van der Waals surface area contributed by atoms with Crippen molar-refractivity contribution in [1.29, 1.82) is 0 Å². The average molecular weight is 537 g/mol. The Hall–Kier alpha value is -4.88. The van der Waals surface area contributed by atoms with Gasteiger partial charge < -0.3 is 15.4 Å². The Morgan fingerprint density at radius 2 is 1.72 bits per heavy atom. The molecule has 0 saturated carbocycles. The molecule has 5 rings (SSSR count). The average Bonchev–Trinajstić information content (AvgIpc) is 2.94.